The Balaban J connectivity index is 1.99. The highest BCUT2D eigenvalue weighted by atomic mass is 16.1. The third-order valence-corrected chi connectivity index (χ3v) is 6.49. The highest BCUT2D eigenvalue weighted by molar-refractivity contribution is 5.42. The van der Waals surface area contributed by atoms with Crippen LogP contribution in [0.5, 0.6) is 0 Å². The highest BCUT2D eigenvalue weighted by Crippen LogP contribution is 2.33. The molecule has 0 saturated heterocycles. The van der Waals surface area contributed by atoms with E-state index < -0.39 is 0 Å². The van der Waals surface area contributed by atoms with Crippen LogP contribution in [0.25, 0.3) is 11.4 Å². The van der Waals surface area contributed by atoms with Crippen LogP contribution < -0.4 is 11.1 Å². The van der Waals surface area contributed by atoms with Crippen molar-refractivity contribution in [2.24, 2.45) is 20.0 Å². The Hall–Kier alpha value is -3.54. The molecule has 0 spiro atoms. The van der Waals surface area contributed by atoms with E-state index in [2.05, 4.69) is 13.8 Å². The largest absolute Gasteiger partial charge is 0.285 e. The lowest BCUT2D eigenvalue weighted by Gasteiger charge is -2.19. The molecule has 4 aromatic rings. The molecule has 4 rings (SSSR count). The van der Waals surface area contributed by atoms with Gasteiger partial charge in [0, 0.05) is 42.5 Å². The molecule has 0 saturated carbocycles. The van der Waals surface area contributed by atoms with Gasteiger partial charge in [-0.25, -0.2) is 9.36 Å². The van der Waals surface area contributed by atoms with Gasteiger partial charge in [0.15, 0.2) is 0 Å². The van der Waals surface area contributed by atoms with Crippen molar-refractivity contribution < 1.29 is 0 Å². The summed E-state index contributed by atoms with van der Waals surface area (Å²) in [5.41, 5.74) is 4.55. The third kappa shape index (κ3) is 3.27. The van der Waals surface area contributed by atoms with Gasteiger partial charge in [-0.3, -0.25) is 19.0 Å². The van der Waals surface area contributed by atoms with E-state index in [0.717, 1.165) is 22.8 Å². The van der Waals surface area contributed by atoms with Gasteiger partial charge in [-0.2, -0.15) is 0 Å². The van der Waals surface area contributed by atoms with E-state index in [4.69, 9.17) is 0 Å². The summed E-state index contributed by atoms with van der Waals surface area (Å²) in [6, 6.07) is 19.2. The Morgan fingerprint density at radius 3 is 1.28 bits per heavy atom. The lowest BCUT2D eigenvalue weighted by atomic mass is 9.82. The fraction of sp³-hybridized carbons (Fsp3) is 0.308. The summed E-state index contributed by atoms with van der Waals surface area (Å²) in [4.78, 5) is 27.5. The van der Waals surface area contributed by atoms with Crippen LogP contribution >= 0.6 is 0 Å². The van der Waals surface area contributed by atoms with Crippen LogP contribution in [0, 0.1) is 19.8 Å². The number of hydrogen-bond acceptors (Lipinski definition) is 2. The summed E-state index contributed by atoms with van der Waals surface area (Å²) >= 11 is 0. The Morgan fingerprint density at radius 1 is 0.625 bits per heavy atom. The molecule has 2 heterocycles. The summed E-state index contributed by atoms with van der Waals surface area (Å²) < 4.78 is 7.15. The first-order valence-electron chi connectivity index (χ1n) is 10.9. The van der Waals surface area contributed by atoms with Gasteiger partial charge in [-0.15, -0.1) is 0 Å². The average Bonchev–Trinajstić information content (AvgIpc) is 3.13. The molecule has 0 bridgehead atoms. The number of hydrogen-bond donors (Lipinski definition) is 0. The molecule has 0 aliphatic heterocycles. The number of rotatable bonds is 5. The molecule has 6 heteroatoms. The minimum atomic E-state index is -0.317. The van der Waals surface area contributed by atoms with E-state index in [1.165, 1.54) is 0 Å². The fourth-order valence-electron chi connectivity index (χ4n) is 4.71. The molecule has 0 atom stereocenters. The molecule has 166 valence electrons. The third-order valence-electron chi connectivity index (χ3n) is 6.49. The van der Waals surface area contributed by atoms with Crippen molar-refractivity contribution >= 4 is 0 Å². The van der Waals surface area contributed by atoms with Crippen LogP contribution in [-0.4, -0.2) is 18.7 Å². The van der Waals surface area contributed by atoms with E-state index in [0.29, 0.717) is 11.1 Å². The monoisotopic (exact) mass is 430 g/mol. The van der Waals surface area contributed by atoms with Gasteiger partial charge in [0.05, 0.1) is 11.4 Å². The molecule has 2 aromatic carbocycles. The summed E-state index contributed by atoms with van der Waals surface area (Å²) in [7, 11) is 3.79. The summed E-state index contributed by atoms with van der Waals surface area (Å²) in [6.45, 7) is 8.06. The minimum absolute atomic E-state index is 0.0612. The summed E-state index contributed by atoms with van der Waals surface area (Å²) in [6.07, 6.45) is 0. The maximum atomic E-state index is 13.7. The molecular formula is C26H30N4O2. The Bertz CT molecular complexity index is 1270. The van der Waals surface area contributed by atoms with E-state index >= 15 is 0 Å². The fourth-order valence-corrected chi connectivity index (χ4v) is 4.71. The molecule has 6 nitrogen and oxygen atoms in total. The van der Waals surface area contributed by atoms with Crippen LogP contribution in [0.2, 0.25) is 0 Å². The summed E-state index contributed by atoms with van der Waals surface area (Å²) in [5, 5.41) is 0. The smallest absolute Gasteiger partial charge is 0.275 e. The predicted octanol–water partition coefficient (Wildman–Crippen LogP) is 4.07. The van der Waals surface area contributed by atoms with Crippen LogP contribution in [-0.2, 0) is 14.1 Å². The molecule has 0 aliphatic carbocycles. The second-order valence-corrected chi connectivity index (χ2v) is 8.67. The predicted molar refractivity (Wildman–Crippen MR) is 128 cm³/mol. The molecular weight excluding hydrogens is 400 g/mol. The maximum Gasteiger partial charge on any atom is 0.275 e. The van der Waals surface area contributed by atoms with Crippen LogP contribution in [0.3, 0.4) is 0 Å². The molecule has 0 unspecified atom stereocenters. The van der Waals surface area contributed by atoms with Crippen molar-refractivity contribution in [2.45, 2.75) is 33.6 Å². The van der Waals surface area contributed by atoms with Gasteiger partial charge in [-0.05, 0) is 44.0 Å². The Kier molecular flexibility index (Phi) is 5.55. The topological polar surface area (TPSA) is 53.9 Å². The Labute approximate surface area is 187 Å². The van der Waals surface area contributed by atoms with Crippen molar-refractivity contribution in [3.05, 3.63) is 104 Å². The van der Waals surface area contributed by atoms with Crippen molar-refractivity contribution in [2.75, 3.05) is 0 Å². The number of para-hydroxylation sites is 2. The summed E-state index contributed by atoms with van der Waals surface area (Å²) in [5.74, 6) is -0.256. The van der Waals surface area contributed by atoms with E-state index in [1.54, 1.807) is 9.36 Å². The molecule has 0 aliphatic rings. The standard InChI is InChI=1S/C26H30N4O2/c1-17(2)22(23-18(3)27(5)29(25(23)31)20-13-9-7-10-14-20)24-19(4)28(6)30(26(24)32)21-15-11-8-12-16-21/h7-17,22H,1-6H3. The second kappa shape index (κ2) is 8.19. The number of nitrogens with zero attached hydrogens (tertiary/aromatic N) is 4. The minimum Gasteiger partial charge on any atom is -0.285 e. The SMILES string of the molecule is Cc1c(C(c2c(C)n(C)n(-c3ccccc3)c2=O)C(C)C)c(=O)n(-c2ccccc2)n1C. The molecule has 0 fully saturated rings. The highest BCUT2D eigenvalue weighted by Gasteiger charge is 2.33. The van der Waals surface area contributed by atoms with E-state index in [9.17, 15) is 9.59 Å². The van der Waals surface area contributed by atoms with Crippen molar-refractivity contribution in [1.82, 2.24) is 18.7 Å². The normalized spacial score (nSPS) is 11.6. The quantitative estimate of drug-likeness (QED) is 0.479. The second-order valence-electron chi connectivity index (χ2n) is 8.67. The first-order chi connectivity index (χ1) is 15.3. The van der Waals surface area contributed by atoms with Gasteiger partial charge in [-0.1, -0.05) is 50.2 Å². The van der Waals surface area contributed by atoms with Gasteiger partial charge in [0.25, 0.3) is 11.1 Å². The molecule has 0 radical (unpaired) electrons. The van der Waals surface area contributed by atoms with Crippen LogP contribution in [0.4, 0.5) is 0 Å². The Morgan fingerprint density at radius 2 is 0.969 bits per heavy atom. The van der Waals surface area contributed by atoms with Crippen LogP contribution in [0.15, 0.2) is 70.3 Å². The van der Waals surface area contributed by atoms with Crippen molar-refractivity contribution in [1.29, 1.82) is 0 Å². The van der Waals surface area contributed by atoms with E-state index in [1.807, 2.05) is 98.0 Å². The van der Waals surface area contributed by atoms with Gasteiger partial charge in [0.2, 0.25) is 0 Å². The van der Waals surface area contributed by atoms with Crippen molar-refractivity contribution in [3.8, 4) is 11.4 Å². The molecule has 2 aromatic heterocycles. The zero-order valence-electron chi connectivity index (χ0n) is 19.5. The zero-order valence-corrected chi connectivity index (χ0v) is 19.5. The maximum absolute atomic E-state index is 13.7. The first-order valence-corrected chi connectivity index (χ1v) is 10.9. The average molecular weight is 431 g/mol. The molecule has 0 amide bonds. The molecule has 32 heavy (non-hydrogen) atoms. The van der Waals surface area contributed by atoms with E-state index in [-0.39, 0.29) is 23.0 Å². The van der Waals surface area contributed by atoms with Crippen LogP contribution in [0.1, 0.15) is 42.3 Å². The van der Waals surface area contributed by atoms with Crippen molar-refractivity contribution in [3.63, 3.8) is 0 Å². The van der Waals surface area contributed by atoms with Gasteiger partial charge in [0.1, 0.15) is 0 Å². The lowest BCUT2D eigenvalue weighted by Crippen LogP contribution is -2.27. The van der Waals surface area contributed by atoms with Gasteiger partial charge < -0.3 is 0 Å². The zero-order chi connectivity index (χ0) is 23.2. The van der Waals surface area contributed by atoms with Gasteiger partial charge >= 0.3 is 0 Å². The lowest BCUT2D eigenvalue weighted by molar-refractivity contribution is 0.552. The number of benzene rings is 2. The number of aromatic nitrogens is 4. The first kappa shape index (κ1) is 21.7. The molecule has 0 N–H and O–H groups in total.